The number of nitrogens with zero attached hydrogens (tertiary/aromatic N) is 3. The molecule has 0 radical (unpaired) electrons. The van der Waals surface area contributed by atoms with Crippen LogP contribution in [-0.2, 0) is 0 Å². The SMILES string of the molecule is CCOc1ccc(-c2csc(C(C#N)=Cc3ccccc3[N+](=O)[O-])n2)cc1. The van der Waals surface area contributed by atoms with Gasteiger partial charge in [-0.3, -0.25) is 10.1 Å². The summed E-state index contributed by atoms with van der Waals surface area (Å²) in [4.78, 5) is 15.2. The van der Waals surface area contributed by atoms with Crippen LogP contribution >= 0.6 is 11.3 Å². The molecule has 0 aliphatic heterocycles. The molecule has 0 bridgehead atoms. The minimum absolute atomic E-state index is 0.0476. The topological polar surface area (TPSA) is 89.0 Å². The normalized spacial score (nSPS) is 11.0. The van der Waals surface area contributed by atoms with Crippen LogP contribution in [-0.4, -0.2) is 16.5 Å². The van der Waals surface area contributed by atoms with Crippen molar-refractivity contribution in [3.8, 4) is 23.1 Å². The first-order valence-corrected chi connectivity index (χ1v) is 9.04. The minimum atomic E-state index is -0.464. The molecule has 0 atom stereocenters. The third-order valence-corrected chi connectivity index (χ3v) is 4.62. The summed E-state index contributed by atoms with van der Waals surface area (Å²) in [7, 11) is 0. The quantitative estimate of drug-likeness (QED) is 0.335. The highest BCUT2D eigenvalue weighted by atomic mass is 32.1. The van der Waals surface area contributed by atoms with Crippen molar-refractivity contribution >= 4 is 28.7 Å². The van der Waals surface area contributed by atoms with Crippen molar-refractivity contribution in [2.75, 3.05) is 6.61 Å². The van der Waals surface area contributed by atoms with Crippen LogP contribution in [0.1, 0.15) is 17.5 Å². The molecule has 0 aliphatic carbocycles. The maximum atomic E-state index is 11.2. The first-order valence-electron chi connectivity index (χ1n) is 8.16. The number of hydrogen-bond donors (Lipinski definition) is 0. The van der Waals surface area contributed by atoms with Crippen LogP contribution in [0.5, 0.6) is 5.75 Å². The van der Waals surface area contributed by atoms with Crippen molar-refractivity contribution in [2.24, 2.45) is 0 Å². The third-order valence-electron chi connectivity index (χ3n) is 3.75. The van der Waals surface area contributed by atoms with E-state index in [4.69, 9.17) is 4.74 Å². The molecular formula is C20H15N3O3S. The number of aromatic nitrogens is 1. The largest absolute Gasteiger partial charge is 0.494 e. The fraction of sp³-hybridized carbons (Fsp3) is 0.100. The number of para-hydroxylation sites is 1. The first kappa shape index (κ1) is 18.3. The predicted octanol–water partition coefficient (Wildman–Crippen LogP) is 5.18. The number of benzene rings is 2. The van der Waals surface area contributed by atoms with Gasteiger partial charge in [0.2, 0.25) is 0 Å². The molecule has 0 N–H and O–H groups in total. The van der Waals surface area contributed by atoms with Crippen molar-refractivity contribution in [2.45, 2.75) is 6.92 Å². The lowest BCUT2D eigenvalue weighted by Crippen LogP contribution is -1.91. The van der Waals surface area contributed by atoms with Crippen LogP contribution in [0.25, 0.3) is 22.9 Å². The number of rotatable bonds is 6. The van der Waals surface area contributed by atoms with Crippen molar-refractivity contribution in [1.29, 1.82) is 5.26 Å². The van der Waals surface area contributed by atoms with Crippen LogP contribution in [0.3, 0.4) is 0 Å². The molecule has 0 fully saturated rings. The van der Waals surface area contributed by atoms with E-state index < -0.39 is 4.92 Å². The molecule has 0 saturated heterocycles. The number of nitro groups is 1. The molecule has 3 rings (SSSR count). The molecule has 0 unspecified atom stereocenters. The van der Waals surface area contributed by atoms with E-state index in [0.29, 0.717) is 17.2 Å². The van der Waals surface area contributed by atoms with Crippen molar-refractivity contribution in [1.82, 2.24) is 4.98 Å². The van der Waals surface area contributed by atoms with Gasteiger partial charge in [0.1, 0.15) is 16.8 Å². The molecule has 3 aromatic rings. The highest BCUT2D eigenvalue weighted by Gasteiger charge is 2.14. The summed E-state index contributed by atoms with van der Waals surface area (Å²) in [5.74, 6) is 0.783. The van der Waals surface area contributed by atoms with Crippen LogP contribution < -0.4 is 4.74 Å². The van der Waals surface area contributed by atoms with Gasteiger partial charge in [-0.05, 0) is 43.3 Å². The molecule has 0 spiro atoms. The minimum Gasteiger partial charge on any atom is -0.494 e. The third kappa shape index (κ3) is 4.19. The molecule has 2 aromatic carbocycles. The van der Waals surface area contributed by atoms with Gasteiger partial charge in [0.25, 0.3) is 5.69 Å². The molecule has 1 aromatic heterocycles. The maximum Gasteiger partial charge on any atom is 0.276 e. The zero-order valence-corrected chi connectivity index (χ0v) is 15.3. The van der Waals surface area contributed by atoms with E-state index in [0.717, 1.165) is 17.0 Å². The Hall–Kier alpha value is -3.50. The van der Waals surface area contributed by atoms with E-state index in [-0.39, 0.29) is 11.3 Å². The maximum absolute atomic E-state index is 11.2. The highest BCUT2D eigenvalue weighted by molar-refractivity contribution is 7.11. The van der Waals surface area contributed by atoms with E-state index in [2.05, 4.69) is 11.1 Å². The van der Waals surface area contributed by atoms with Crippen molar-refractivity contribution < 1.29 is 9.66 Å². The van der Waals surface area contributed by atoms with Crippen molar-refractivity contribution in [3.05, 3.63) is 74.6 Å². The molecule has 1 heterocycles. The summed E-state index contributed by atoms with van der Waals surface area (Å²) in [5.41, 5.74) is 2.25. The second-order valence-corrected chi connectivity index (χ2v) is 6.34. The predicted molar refractivity (Wildman–Crippen MR) is 105 cm³/mol. The average Bonchev–Trinajstić information content (AvgIpc) is 3.17. The van der Waals surface area contributed by atoms with Gasteiger partial charge < -0.3 is 4.74 Å². The van der Waals surface area contributed by atoms with Gasteiger partial charge in [-0.2, -0.15) is 5.26 Å². The smallest absolute Gasteiger partial charge is 0.276 e. The summed E-state index contributed by atoms with van der Waals surface area (Å²) in [6.45, 7) is 2.52. The number of ether oxygens (including phenoxy) is 1. The van der Waals surface area contributed by atoms with E-state index in [1.807, 2.05) is 36.6 Å². The highest BCUT2D eigenvalue weighted by Crippen LogP contribution is 2.29. The Morgan fingerprint density at radius 2 is 2.04 bits per heavy atom. The van der Waals surface area contributed by atoms with Crippen LogP contribution in [0, 0.1) is 21.4 Å². The summed E-state index contributed by atoms with van der Waals surface area (Å²) < 4.78 is 5.43. The Morgan fingerprint density at radius 1 is 1.30 bits per heavy atom. The van der Waals surface area contributed by atoms with Gasteiger partial charge in [0.15, 0.2) is 0 Å². The lowest BCUT2D eigenvalue weighted by atomic mass is 10.1. The number of nitro benzene ring substituents is 1. The summed E-state index contributed by atoms with van der Waals surface area (Å²) in [6.07, 6.45) is 1.50. The van der Waals surface area contributed by atoms with Crippen LogP contribution in [0.15, 0.2) is 53.9 Å². The molecule has 0 aliphatic rings. The molecule has 27 heavy (non-hydrogen) atoms. The Balaban J connectivity index is 1.92. The standard InChI is InChI=1S/C20H15N3O3S/c1-2-26-17-9-7-14(8-10-17)18-13-27-20(22-18)16(12-21)11-15-5-3-4-6-19(15)23(24)25/h3-11,13H,2H2,1H3. The Kier molecular flexibility index (Phi) is 5.59. The number of hydrogen-bond acceptors (Lipinski definition) is 6. The lowest BCUT2D eigenvalue weighted by Gasteiger charge is -2.03. The van der Waals surface area contributed by atoms with Crippen LogP contribution in [0.2, 0.25) is 0 Å². The Labute approximate surface area is 160 Å². The first-order chi connectivity index (χ1) is 13.1. The number of thiazole rings is 1. The molecule has 0 amide bonds. The molecule has 134 valence electrons. The summed E-state index contributed by atoms with van der Waals surface area (Å²) >= 11 is 1.32. The van der Waals surface area contributed by atoms with Crippen molar-refractivity contribution in [3.63, 3.8) is 0 Å². The van der Waals surface area contributed by atoms with Gasteiger partial charge in [0.05, 0.1) is 28.4 Å². The van der Waals surface area contributed by atoms with Gasteiger partial charge in [0, 0.05) is 17.0 Å². The van der Waals surface area contributed by atoms with E-state index >= 15 is 0 Å². The van der Waals surface area contributed by atoms with Gasteiger partial charge >= 0.3 is 0 Å². The van der Waals surface area contributed by atoms with Gasteiger partial charge in [-0.25, -0.2) is 4.98 Å². The van der Waals surface area contributed by atoms with Crippen LogP contribution in [0.4, 0.5) is 5.69 Å². The van der Waals surface area contributed by atoms with Gasteiger partial charge in [-0.15, -0.1) is 11.3 Å². The number of allylic oxidation sites excluding steroid dienone is 1. The lowest BCUT2D eigenvalue weighted by molar-refractivity contribution is -0.385. The molecule has 6 nitrogen and oxygen atoms in total. The second kappa shape index (κ2) is 8.25. The molecule has 0 saturated carbocycles. The number of nitriles is 1. The Bertz CT molecular complexity index is 1030. The zero-order chi connectivity index (χ0) is 19.2. The molecular weight excluding hydrogens is 362 g/mol. The molecule has 7 heteroatoms. The fourth-order valence-corrected chi connectivity index (χ4v) is 3.29. The van der Waals surface area contributed by atoms with Gasteiger partial charge in [-0.1, -0.05) is 12.1 Å². The van der Waals surface area contributed by atoms with E-state index in [9.17, 15) is 15.4 Å². The average molecular weight is 377 g/mol. The fourth-order valence-electron chi connectivity index (χ4n) is 2.49. The van der Waals surface area contributed by atoms with E-state index in [1.54, 1.807) is 18.2 Å². The summed E-state index contributed by atoms with van der Waals surface area (Å²) in [6, 6.07) is 15.9. The second-order valence-electron chi connectivity index (χ2n) is 5.48. The van der Waals surface area contributed by atoms with E-state index in [1.165, 1.54) is 23.5 Å². The Morgan fingerprint density at radius 3 is 2.70 bits per heavy atom. The summed E-state index contributed by atoms with van der Waals surface area (Å²) in [5, 5.41) is 23.0. The monoisotopic (exact) mass is 377 g/mol. The zero-order valence-electron chi connectivity index (χ0n) is 14.5.